The quantitative estimate of drug-likeness (QED) is 0.775. The lowest BCUT2D eigenvalue weighted by Crippen LogP contribution is -2.45. The molecule has 88 valence electrons. The van der Waals surface area contributed by atoms with Gasteiger partial charge in [0, 0.05) is 45.5 Å². The van der Waals surface area contributed by atoms with E-state index in [2.05, 4.69) is 15.2 Å². The summed E-state index contributed by atoms with van der Waals surface area (Å²) in [4.78, 5) is 18.1. The number of nitrogens with one attached hydrogen (secondary N) is 1. The van der Waals surface area contributed by atoms with Crippen LogP contribution in [0.5, 0.6) is 0 Å². The van der Waals surface area contributed by atoms with Gasteiger partial charge in [0.05, 0.1) is 9.90 Å². The molecular weight excluding hydrogens is 319 g/mol. The molecule has 0 amide bonds. The minimum absolute atomic E-state index is 0.0609. The largest absolute Gasteiger partial charge is 0.314 e. The third-order valence-electron chi connectivity index (χ3n) is 2.73. The van der Waals surface area contributed by atoms with Gasteiger partial charge in [0.2, 0.25) is 0 Å². The smallest absolute Gasteiger partial charge is 0.266 e. The van der Waals surface area contributed by atoms with Crippen LogP contribution >= 0.6 is 22.6 Å². The average molecular weight is 334 g/mol. The third-order valence-corrected chi connectivity index (χ3v) is 3.47. The fraction of sp³-hybridized carbons (Fsp3) is 0.600. The normalized spacial score (nSPS) is 17.6. The number of aromatic nitrogens is 2. The van der Waals surface area contributed by atoms with E-state index in [1.807, 2.05) is 22.6 Å². The van der Waals surface area contributed by atoms with E-state index in [0.717, 1.165) is 39.3 Å². The minimum atomic E-state index is 0.0609. The lowest BCUT2D eigenvalue weighted by molar-refractivity contribution is 0.231. The second-order valence-electron chi connectivity index (χ2n) is 3.83. The number of piperazine rings is 1. The van der Waals surface area contributed by atoms with Gasteiger partial charge in [0.15, 0.2) is 0 Å². The molecule has 0 atom stereocenters. The van der Waals surface area contributed by atoms with Crippen LogP contribution in [0.4, 0.5) is 0 Å². The predicted octanol–water partition coefficient (Wildman–Crippen LogP) is -0.247. The topological polar surface area (TPSA) is 50.2 Å². The van der Waals surface area contributed by atoms with Crippen molar-refractivity contribution in [1.29, 1.82) is 0 Å². The van der Waals surface area contributed by atoms with Crippen LogP contribution < -0.4 is 10.9 Å². The maximum Gasteiger partial charge on any atom is 0.266 e. The molecule has 2 rings (SSSR count). The molecule has 1 fully saturated rings. The Labute approximate surface area is 108 Å². The van der Waals surface area contributed by atoms with Crippen LogP contribution in [-0.4, -0.2) is 47.2 Å². The van der Waals surface area contributed by atoms with E-state index in [4.69, 9.17) is 0 Å². The first kappa shape index (κ1) is 12.0. The summed E-state index contributed by atoms with van der Waals surface area (Å²) < 4.78 is 2.37. The highest BCUT2D eigenvalue weighted by atomic mass is 127. The SMILES string of the molecule is O=c1c(I)cncn1CCN1CCNCC1. The van der Waals surface area contributed by atoms with Gasteiger partial charge < -0.3 is 5.32 Å². The molecule has 0 spiro atoms. The van der Waals surface area contributed by atoms with Crippen molar-refractivity contribution >= 4 is 22.6 Å². The van der Waals surface area contributed by atoms with Gasteiger partial charge >= 0.3 is 0 Å². The maximum absolute atomic E-state index is 11.7. The summed E-state index contributed by atoms with van der Waals surface area (Å²) in [6.45, 7) is 5.85. The van der Waals surface area contributed by atoms with Crippen LogP contribution in [0.25, 0.3) is 0 Å². The molecule has 1 saturated heterocycles. The Balaban J connectivity index is 1.94. The fourth-order valence-corrected chi connectivity index (χ4v) is 2.24. The van der Waals surface area contributed by atoms with Crippen molar-refractivity contribution in [3.05, 3.63) is 26.4 Å². The highest BCUT2D eigenvalue weighted by Crippen LogP contribution is 1.95. The molecule has 0 aliphatic carbocycles. The summed E-state index contributed by atoms with van der Waals surface area (Å²) in [6.07, 6.45) is 3.22. The molecule has 16 heavy (non-hydrogen) atoms. The lowest BCUT2D eigenvalue weighted by Gasteiger charge is -2.27. The molecule has 1 aromatic rings. The zero-order chi connectivity index (χ0) is 11.4. The molecule has 0 unspecified atom stereocenters. The molecule has 1 N–H and O–H groups in total. The highest BCUT2D eigenvalue weighted by Gasteiger charge is 2.09. The number of hydrogen-bond acceptors (Lipinski definition) is 4. The van der Waals surface area contributed by atoms with Crippen molar-refractivity contribution in [3.63, 3.8) is 0 Å². The Morgan fingerprint density at radius 3 is 2.88 bits per heavy atom. The van der Waals surface area contributed by atoms with Crippen molar-refractivity contribution in [2.45, 2.75) is 6.54 Å². The van der Waals surface area contributed by atoms with E-state index in [0.29, 0.717) is 3.57 Å². The minimum Gasteiger partial charge on any atom is -0.314 e. The molecule has 1 aliphatic heterocycles. The summed E-state index contributed by atoms with van der Waals surface area (Å²) in [5.74, 6) is 0. The van der Waals surface area contributed by atoms with E-state index >= 15 is 0 Å². The molecule has 0 aromatic carbocycles. The van der Waals surface area contributed by atoms with E-state index < -0.39 is 0 Å². The van der Waals surface area contributed by atoms with E-state index in [9.17, 15) is 4.79 Å². The number of hydrogen-bond donors (Lipinski definition) is 1. The molecule has 0 radical (unpaired) electrons. The maximum atomic E-state index is 11.7. The average Bonchev–Trinajstić information content (AvgIpc) is 2.32. The molecule has 5 nitrogen and oxygen atoms in total. The second-order valence-corrected chi connectivity index (χ2v) is 4.99. The van der Waals surface area contributed by atoms with Crippen LogP contribution in [-0.2, 0) is 6.54 Å². The van der Waals surface area contributed by atoms with Gasteiger partial charge in [-0.2, -0.15) is 0 Å². The van der Waals surface area contributed by atoms with Gasteiger partial charge in [-0.1, -0.05) is 0 Å². The van der Waals surface area contributed by atoms with Gasteiger partial charge in [0.25, 0.3) is 5.56 Å². The Hall–Kier alpha value is -0.470. The summed E-state index contributed by atoms with van der Waals surface area (Å²) in [7, 11) is 0. The van der Waals surface area contributed by atoms with Gasteiger partial charge in [-0.05, 0) is 22.6 Å². The predicted molar refractivity (Wildman–Crippen MR) is 70.5 cm³/mol. The summed E-state index contributed by atoms with van der Waals surface area (Å²) in [5, 5.41) is 3.31. The second kappa shape index (κ2) is 5.74. The van der Waals surface area contributed by atoms with Crippen molar-refractivity contribution in [1.82, 2.24) is 19.8 Å². The first-order chi connectivity index (χ1) is 7.77. The summed E-state index contributed by atoms with van der Waals surface area (Å²) in [5.41, 5.74) is 0.0609. The number of rotatable bonds is 3. The molecular formula is C10H15IN4O. The van der Waals surface area contributed by atoms with Crippen molar-refractivity contribution < 1.29 is 0 Å². The van der Waals surface area contributed by atoms with Crippen molar-refractivity contribution in [3.8, 4) is 0 Å². The third kappa shape index (κ3) is 3.02. The number of halogens is 1. The molecule has 1 aliphatic rings. The Morgan fingerprint density at radius 1 is 1.38 bits per heavy atom. The molecule has 1 aromatic heterocycles. The molecule has 0 bridgehead atoms. The Bertz CT molecular complexity index is 400. The molecule has 6 heteroatoms. The van der Waals surface area contributed by atoms with Crippen molar-refractivity contribution in [2.24, 2.45) is 0 Å². The van der Waals surface area contributed by atoms with Crippen LogP contribution in [0.2, 0.25) is 0 Å². The van der Waals surface area contributed by atoms with Crippen molar-refractivity contribution in [2.75, 3.05) is 32.7 Å². The number of nitrogens with zero attached hydrogens (tertiary/aromatic N) is 3. The standard InChI is InChI=1S/C10H15IN4O/c11-9-7-13-8-15(10(9)16)6-5-14-3-1-12-2-4-14/h7-8,12H,1-6H2. The van der Waals surface area contributed by atoms with Crippen LogP contribution in [0.1, 0.15) is 0 Å². The van der Waals surface area contributed by atoms with Gasteiger partial charge in [-0.25, -0.2) is 4.98 Å². The van der Waals surface area contributed by atoms with Crippen LogP contribution in [0.15, 0.2) is 17.3 Å². The van der Waals surface area contributed by atoms with E-state index in [-0.39, 0.29) is 5.56 Å². The first-order valence-electron chi connectivity index (χ1n) is 5.40. The van der Waals surface area contributed by atoms with E-state index in [1.54, 1.807) is 17.1 Å². The van der Waals surface area contributed by atoms with Crippen LogP contribution in [0, 0.1) is 3.57 Å². The Morgan fingerprint density at radius 2 is 2.12 bits per heavy atom. The first-order valence-corrected chi connectivity index (χ1v) is 6.48. The van der Waals surface area contributed by atoms with Gasteiger partial charge in [-0.15, -0.1) is 0 Å². The molecule has 0 saturated carbocycles. The summed E-state index contributed by atoms with van der Waals surface area (Å²) >= 11 is 2.02. The highest BCUT2D eigenvalue weighted by molar-refractivity contribution is 14.1. The van der Waals surface area contributed by atoms with Gasteiger partial charge in [0.1, 0.15) is 0 Å². The van der Waals surface area contributed by atoms with E-state index in [1.165, 1.54) is 0 Å². The lowest BCUT2D eigenvalue weighted by atomic mass is 10.3. The Kier molecular flexibility index (Phi) is 4.30. The fourth-order valence-electron chi connectivity index (χ4n) is 1.77. The van der Waals surface area contributed by atoms with Crippen LogP contribution in [0.3, 0.4) is 0 Å². The zero-order valence-corrected chi connectivity index (χ0v) is 11.2. The molecule has 2 heterocycles. The zero-order valence-electron chi connectivity index (χ0n) is 9.03. The summed E-state index contributed by atoms with van der Waals surface area (Å²) in [6, 6.07) is 0. The monoisotopic (exact) mass is 334 g/mol. The van der Waals surface area contributed by atoms with Gasteiger partial charge in [-0.3, -0.25) is 14.3 Å².